The number of pyridine rings is 1. The van der Waals surface area contributed by atoms with Crippen LogP contribution in [0.3, 0.4) is 0 Å². The third-order valence-electron chi connectivity index (χ3n) is 3.30. The molecule has 17 heavy (non-hydrogen) atoms. The van der Waals surface area contributed by atoms with Crippen molar-refractivity contribution in [3.63, 3.8) is 0 Å². The van der Waals surface area contributed by atoms with Gasteiger partial charge >= 0.3 is 0 Å². The minimum atomic E-state index is 0.553. The molecule has 0 bridgehead atoms. The lowest BCUT2D eigenvalue weighted by Gasteiger charge is -2.28. The van der Waals surface area contributed by atoms with E-state index in [1.807, 2.05) is 13.1 Å². The van der Waals surface area contributed by atoms with Gasteiger partial charge in [0.25, 0.3) is 0 Å². The van der Waals surface area contributed by atoms with Crippen LogP contribution in [0.1, 0.15) is 38.4 Å². The molecule has 1 aromatic heterocycles. The second kappa shape index (κ2) is 6.60. The smallest absolute Gasteiger partial charge is 0.0445 e. The fourth-order valence-electron chi connectivity index (χ4n) is 1.81. The molecule has 1 heterocycles. The summed E-state index contributed by atoms with van der Waals surface area (Å²) in [6.07, 6.45) is 3.14. The molecule has 0 aliphatic carbocycles. The van der Waals surface area contributed by atoms with E-state index in [0.717, 1.165) is 25.2 Å². The van der Waals surface area contributed by atoms with Gasteiger partial charge in [0.05, 0.1) is 0 Å². The van der Waals surface area contributed by atoms with Crippen LogP contribution in [0.2, 0.25) is 0 Å². The first-order chi connectivity index (χ1) is 8.10. The molecule has 1 aromatic rings. The average molecular weight is 235 g/mol. The molecule has 1 N–H and O–H groups in total. The number of anilines is 1. The Kier molecular flexibility index (Phi) is 5.42. The quantitative estimate of drug-likeness (QED) is 0.821. The van der Waals surface area contributed by atoms with Gasteiger partial charge in [-0.1, -0.05) is 13.8 Å². The molecule has 0 fully saturated rings. The van der Waals surface area contributed by atoms with Crippen molar-refractivity contribution >= 4 is 5.69 Å². The summed E-state index contributed by atoms with van der Waals surface area (Å²) in [5, 5.41) is 3.37. The maximum absolute atomic E-state index is 4.39. The SMILES string of the molecule is CCNCc1cnc(C)cc1N(C)C(C)CC. The number of rotatable bonds is 6. The monoisotopic (exact) mass is 235 g/mol. The third-order valence-corrected chi connectivity index (χ3v) is 3.30. The van der Waals surface area contributed by atoms with Gasteiger partial charge in [0.15, 0.2) is 0 Å². The van der Waals surface area contributed by atoms with Crippen LogP contribution in [0.5, 0.6) is 0 Å². The molecule has 0 aliphatic rings. The predicted octanol–water partition coefficient (Wildman–Crippen LogP) is 2.73. The highest BCUT2D eigenvalue weighted by Crippen LogP contribution is 2.22. The maximum Gasteiger partial charge on any atom is 0.0445 e. The Labute approximate surface area is 105 Å². The van der Waals surface area contributed by atoms with Crippen molar-refractivity contribution < 1.29 is 0 Å². The summed E-state index contributed by atoms with van der Waals surface area (Å²) in [6.45, 7) is 10.5. The Morgan fingerprint density at radius 1 is 1.41 bits per heavy atom. The minimum absolute atomic E-state index is 0.553. The van der Waals surface area contributed by atoms with Crippen LogP contribution < -0.4 is 10.2 Å². The molecule has 0 spiro atoms. The molecule has 1 rings (SSSR count). The molecule has 1 atom stereocenters. The lowest BCUT2D eigenvalue weighted by molar-refractivity contribution is 0.653. The van der Waals surface area contributed by atoms with Crippen LogP contribution in [0.15, 0.2) is 12.3 Å². The number of nitrogens with one attached hydrogen (secondary N) is 1. The van der Waals surface area contributed by atoms with Crippen molar-refractivity contribution in [3.05, 3.63) is 23.5 Å². The Balaban J connectivity index is 2.97. The summed E-state index contributed by atoms with van der Waals surface area (Å²) in [6, 6.07) is 2.73. The Morgan fingerprint density at radius 3 is 2.71 bits per heavy atom. The van der Waals surface area contributed by atoms with Gasteiger partial charge in [-0.15, -0.1) is 0 Å². The Morgan fingerprint density at radius 2 is 2.12 bits per heavy atom. The molecule has 3 heteroatoms. The lowest BCUT2D eigenvalue weighted by Crippen LogP contribution is -2.29. The maximum atomic E-state index is 4.39. The molecular formula is C14H25N3. The second-order valence-corrected chi connectivity index (χ2v) is 4.60. The number of hydrogen-bond acceptors (Lipinski definition) is 3. The Hall–Kier alpha value is -1.09. The fraction of sp³-hybridized carbons (Fsp3) is 0.643. The van der Waals surface area contributed by atoms with Crippen molar-refractivity contribution in [1.29, 1.82) is 0 Å². The van der Waals surface area contributed by atoms with Gasteiger partial charge in [-0.25, -0.2) is 0 Å². The van der Waals surface area contributed by atoms with E-state index in [9.17, 15) is 0 Å². The zero-order valence-corrected chi connectivity index (χ0v) is 11.7. The summed E-state index contributed by atoms with van der Waals surface area (Å²) in [7, 11) is 2.17. The van der Waals surface area contributed by atoms with E-state index in [-0.39, 0.29) is 0 Å². The lowest BCUT2D eigenvalue weighted by atomic mass is 10.1. The zero-order chi connectivity index (χ0) is 12.8. The number of aryl methyl sites for hydroxylation is 1. The minimum Gasteiger partial charge on any atom is -0.372 e. The summed E-state index contributed by atoms with van der Waals surface area (Å²) in [4.78, 5) is 6.74. The van der Waals surface area contributed by atoms with Gasteiger partial charge < -0.3 is 10.2 Å². The van der Waals surface area contributed by atoms with E-state index >= 15 is 0 Å². The largest absolute Gasteiger partial charge is 0.372 e. The highest BCUT2D eigenvalue weighted by molar-refractivity contribution is 5.53. The summed E-state index contributed by atoms with van der Waals surface area (Å²) >= 11 is 0. The number of aromatic nitrogens is 1. The summed E-state index contributed by atoms with van der Waals surface area (Å²) in [5.41, 5.74) is 3.66. The van der Waals surface area contributed by atoms with Crippen LogP contribution in [0, 0.1) is 6.92 Å². The highest BCUT2D eigenvalue weighted by Gasteiger charge is 2.12. The topological polar surface area (TPSA) is 28.2 Å². The van der Waals surface area contributed by atoms with Crippen molar-refractivity contribution in [1.82, 2.24) is 10.3 Å². The molecule has 0 saturated carbocycles. The zero-order valence-electron chi connectivity index (χ0n) is 11.7. The van der Waals surface area contributed by atoms with Crippen molar-refractivity contribution in [2.75, 3.05) is 18.5 Å². The van der Waals surface area contributed by atoms with Crippen molar-refractivity contribution in [2.24, 2.45) is 0 Å². The van der Waals surface area contributed by atoms with E-state index < -0.39 is 0 Å². The van der Waals surface area contributed by atoms with Gasteiger partial charge in [-0.3, -0.25) is 4.98 Å². The highest BCUT2D eigenvalue weighted by atomic mass is 15.1. The van der Waals surface area contributed by atoms with Crippen LogP contribution in [-0.2, 0) is 6.54 Å². The Bertz CT molecular complexity index is 349. The first-order valence-electron chi connectivity index (χ1n) is 6.49. The molecule has 0 saturated heterocycles. The van der Waals surface area contributed by atoms with E-state index in [1.165, 1.54) is 11.3 Å². The van der Waals surface area contributed by atoms with Gasteiger partial charge in [0, 0.05) is 42.8 Å². The van der Waals surface area contributed by atoms with Gasteiger partial charge in [0.1, 0.15) is 0 Å². The fourth-order valence-corrected chi connectivity index (χ4v) is 1.81. The third kappa shape index (κ3) is 3.70. The van der Waals surface area contributed by atoms with Crippen LogP contribution in [-0.4, -0.2) is 24.6 Å². The van der Waals surface area contributed by atoms with Crippen molar-refractivity contribution in [2.45, 2.75) is 46.7 Å². The first kappa shape index (κ1) is 14.0. The predicted molar refractivity (Wildman–Crippen MR) is 74.5 cm³/mol. The van der Waals surface area contributed by atoms with E-state index in [4.69, 9.17) is 0 Å². The molecule has 96 valence electrons. The molecule has 0 amide bonds. The molecule has 0 radical (unpaired) electrons. The van der Waals surface area contributed by atoms with E-state index in [0.29, 0.717) is 6.04 Å². The van der Waals surface area contributed by atoms with Gasteiger partial charge in [-0.2, -0.15) is 0 Å². The van der Waals surface area contributed by atoms with Gasteiger partial charge in [-0.05, 0) is 32.9 Å². The standard InChI is InChI=1S/C14H25N3/c1-6-12(4)17(5)14-8-11(3)16-10-13(14)9-15-7-2/h8,10,12,15H,6-7,9H2,1-5H3. The normalized spacial score (nSPS) is 12.5. The van der Waals surface area contributed by atoms with E-state index in [1.54, 1.807) is 0 Å². The van der Waals surface area contributed by atoms with Crippen molar-refractivity contribution in [3.8, 4) is 0 Å². The summed E-state index contributed by atoms with van der Waals surface area (Å²) < 4.78 is 0. The molecule has 0 aliphatic heterocycles. The molecule has 1 unspecified atom stereocenters. The van der Waals surface area contributed by atoms with Crippen LogP contribution in [0.25, 0.3) is 0 Å². The molecular weight excluding hydrogens is 210 g/mol. The van der Waals surface area contributed by atoms with Crippen LogP contribution in [0.4, 0.5) is 5.69 Å². The van der Waals surface area contributed by atoms with Crippen LogP contribution >= 0.6 is 0 Å². The average Bonchev–Trinajstić information content (AvgIpc) is 2.35. The molecule has 0 aromatic carbocycles. The van der Waals surface area contributed by atoms with E-state index in [2.05, 4.69) is 49.1 Å². The second-order valence-electron chi connectivity index (χ2n) is 4.60. The summed E-state index contributed by atoms with van der Waals surface area (Å²) in [5.74, 6) is 0. The number of hydrogen-bond donors (Lipinski definition) is 1. The first-order valence-corrected chi connectivity index (χ1v) is 6.49. The number of nitrogens with zero attached hydrogens (tertiary/aromatic N) is 2. The van der Waals surface area contributed by atoms with Gasteiger partial charge in [0.2, 0.25) is 0 Å². The molecule has 3 nitrogen and oxygen atoms in total.